The zero-order valence-corrected chi connectivity index (χ0v) is 15.9. The highest BCUT2D eigenvalue weighted by molar-refractivity contribution is 6.45. The first-order valence-corrected chi connectivity index (χ1v) is 9.07. The zero-order valence-electron chi connectivity index (χ0n) is 14.4. The predicted molar refractivity (Wildman–Crippen MR) is 101 cm³/mol. The van der Waals surface area contributed by atoms with E-state index >= 15 is 0 Å². The number of hydrogen-bond acceptors (Lipinski definition) is 3. The van der Waals surface area contributed by atoms with Crippen molar-refractivity contribution in [2.45, 2.75) is 19.9 Å². The van der Waals surface area contributed by atoms with E-state index in [0.29, 0.717) is 29.6 Å². The van der Waals surface area contributed by atoms with Crippen LogP contribution in [0.2, 0.25) is 10.0 Å². The van der Waals surface area contributed by atoms with Gasteiger partial charge in [0.25, 0.3) is 0 Å². The maximum atomic E-state index is 12.0. The molecule has 8 heteroatoms. The van der Waals surface area contributed by atoms with Crippen molar-refractivity contribution >= 4 is 40.0 Å². The van der Waals surface area contributed by atoms with Gasteiger partial charge in [0.05, 0.1) is 21.3 Å². The third kappa shape index (κ3) is 2.60. The number of aromatic nitrogens is 3. The first-order valence-electron chi connectivity index (χ1n) is 8.31. The van der Waals surface area contributed by atoms with E-state index in [-0.39, 0.29) is 5.91 Å². The third-order valence-corrected chi connectivity index (χ3v) is 5.81. The van der Waals surface area contributed by atoms with Gasteiger partial charge in [0.2, 0.25) is 5.91 Å². The number of fused-ring (bicyclic) bond motifs is 3. The van der Waals surface area contributed by atoms with Gasteiger partial charge in [0.1, 0.15) is 6.61 Å². The fourth-order valence-corrected chi connectivity index (χ4v) is 3.95. The molecular weight excluding hydrogens is 375 g/mol. The SMILES string of the molecule is Cc1cc(-c2cc(Cl)c(Cl)c3[nH]c4c(c23)CN(C(=O)CO)CC4)nn1C. The van der Waals surface area contributed by atoms with Crippen molar-refractivity contribution in [1.82, 2.24) is 19.7 Å². The average molecular weight is 393 g/mol. The molecule has 1 amide bonds. The van der Waals surface area contributed by atoms with E-state index < -0.39 is 6.61 Å². The number of amides is 1. The van der Waals surface area contributed by atoms with Crippen LogP contribution in [0.15, 0.2) is 12.1 Å². The van der Waals surface area contributed by atoms with Crippen LogP contribution < -0.4 is 0 Å². The third-order valence-electron chi connectivity index (χ3n) is 5.02. The molecule has 0 atom stereocenters. The Bertz CT molecular complexity index is 1020. The number of aromatic amines is 1. The van der Waals surface area contributed by atoms with Crippen molar-refractivity contribution in [3.63, 3.8) is 0 Å². The Kier molecular flexibility index (Phi) is 4.22. The summed E-state index contributed by atoms with van der Waals surface area (Å²) in [4.78, 5) is 17.0. The van der Waals surface area contributed by atoms with E-state index in [1.54, 1.807) is 4.90 Å². The van der Waals surface area contributed by atoms with Crippen LogP contribution in [0.1, 0.15) is 17.0 Å². The Morgan fingerprint density at radius 1 is 1.38 bits per heavy atom. The second kappa shape index (κ2) is 6.30. The predicted octanol–water partition coefficient (Wildman–Crippen LogP) is 3.06. The minimum Gasteiger partial charge on any atom is -0.387 e. The van der Waals surface area contributed by atoms with E-state index in [1.165, 1.54) is 0 Å². The fraction of sp³-hybridized carbons (Fsp3) is 0.333. The normalized spacial score (nSPS) is 14.1. The van der Waals surface area contributed by atoms with E-state index in [1.807, 2.05) is 30.8 Å². The number of nitrogens with one attached hydrogen (secondary N) is 1. The van der Waals surface area contributed by atoms with Crippen molar-refractivity contribution < 1.29 is 9.90 Å². The molecule has 136 valence electrons. The summed E-state index contributed by atoms with van der Waals surface area (Å²) in [5.41, 5.74) is 5.53. The van der Waals surface area contributed by atoms with Gasteiger partial charge < -0.3 is 15.0 Å². The zero-order chi connectivity index (χ0) is 18.6. The molecule has 0 spiro atoms. The van der Waals surface area contributed by atoms with Gasteiger partial charge in [-0.3, -0.25) is 9.48 Å². The summed E-state index contributed by atoms with van der Waals surface area (Å²) in [6, 6.07) is 3.83. The number of hydrogen-bond donors (Lipinski definition) is 2. The van der Waals surface area contributed by atoms with Crippen LogP contribution >= 0.6 is 23.2 Å². The summed E-state index contributed by atoms with van der Waals surface area (Å²) < 4.78 is 1.81. The van der Waals surface area contributed by atoms with Gasteiger partial charge >= 0.3 is 0 Å². The summed E-state index contributed by atoms with van der Waals surface area (Å²) in [7, 11) is 1.89. The molecule has 0 unspecified atom stereocenters. The lowest BCUT2D eigenvalue weighted by molar-refractivity contribution is -0.135. The smallest absolute Gasteiger partial charge is 0.248 e. The lowest BCUT2D eigenvalue weighted by Gasteiger charge is -2.26. The lowest BCUT2D eigenvalue weighted by atomic mass is 9.98. The highest BCUT2D eigenvalue weighted by Gasteiger charge is 2.27. The number of aliphatic hydroxyl groups is 1. The number of rotatable bonds is 2. The molecule has 1 aliphatic rings. The summed E-state index contributed by atoms with van der Waals surface area (Å²) >= 11 is 12.8. The second-order valence-corrected chi connectivity index (χ2v) is 7.36. The molecule has 3 aromatic rings. The van der Waals surface area contributed by atoms with Crippen molar-refractivity contribution in [2.24, 2.45) is 7.05 Å². The minimum atomic E-state index is -0.490. The van der Waals surface area contributed by atoms with Crippen LogP contribution in [-0.4, -0.2) is 43.8 Å². The number of carbonyl (C=O) groups is 1. The molecule has 0 saturated heterocycles. The maximum absolute atomic E-state index is 12.0. The molecule has 0 radical (unpaired) electrons. The topological polar surface area (TPSA) is 74.2 Å². The Balaban J connectivity index is 1.97. The summed E-state index contributed by atoms with van der Waals surface area (Å²) in [6.45, 7) is 2.48. The monoisotopic (exact) mass is 392 g/mol. The first-order chi connectivity index (χ1) is 12.4. The minimum absolute atomic E-state index is 0.278. The number of H-pyrrole nitrogens is 1. The number of nitrogens with zero attached hydrogens (tertiary/aromatic N) is 3. The Hall–Kier alpha value is -2.02. The lowest BCUT2D eigenvalue weighted by Crippen LogP contribution is -2.37. The molecule has 6 nitrogen and oxygen atoms in total. The van der Waals surface area contributed by atoms with Gasteiger partial charge in [0.15, 0.2) is 0 Å². The van der Waals surface area contributed by atoms with E-state index in [9.17, 15) is 9.90 Å². The van der Waals surface area contributed by atoms with Crippen molar-refractivity contribution in [3.05, 3.63) is 39.1 Å². The number of benzene rings is 1. The summed E-state index contributed by atoms with van der Waals surface area (Å²) in [5, 5.41) is 15.6. The molecule has 0 fully saturated rings. The van der Waals surface area contributed by atoms with Crippen molar-refractivity contribution in [1.29, 1.82) is 0 Å². The molecule has 0 bridgehead atoms. The van der Waals surface area contributed by atoms with Gasteiger partial charge in [0, 0.05) is 54.5 Å². The average Bonchev–Trinajstić information content (AvgIpc) is 3.17. The highest BCUT2D eigenvalue weighted by Crippen LogP contribution is 2.42. The Morgan fingerprint density at radius 2 is 2.15 bits per heavy atom. The van der Waals surface area contributed by atoms with Crippen LogP contribution in [0.3, 0.4) is 0 Å². The van der Waals surface area contributed by atoms with Crippen LogP contribution in [0.5, 0.6) is 0 Å². The molecule has 3 heterocycles. The highest BCUT2D eigenvalue weighted by atomic mass is 35.5. The van der Waals surface area contributed by atoms with Crippen LogP contribution in [0.25, 0.3) is 22.2 Å². The Morgan fingerprint density at radius 3 is 2.81 bits per heavy atom. The van der Waals surface area contributed by atoms with Gasteiger partial charge in [-0.05, 0) is 19.1 Å². The Labute approximate surface area is 160 Å². The molecule has 1 aliphatic heterocycles. The standard InChI is InChI=1S/C18H18Cl2N4O2/c1-9-5-14(22-23(9)2)10-6-12(19)17(20)18-16(10)11-7-24(15(26)8-25)4-3-13(11)21-18/h5-6,21,25H,3-4,7-8H2,1-2H3. The van der Waals surface area contributed by atoms with Gasteiger partial charge in [-0.1, -0.05) is 23.2 Å². The first kappa shape index (κ1) is 17.4. The van der Waals surface area contributed by atoms with E-state index in [4.69, 9.17) is 23.2 Å². The number of halogens is 2. The molecule has 26 heavy (non-hydrogen) atoms. The fourth-order valence-electron chi connectivity index (χ4n) is 3.55. The van der Waals surface area contributed by atoms with Crippen molar-refractivity contribution in [3.8, 4) is 11.3 Å². The van der Waals surface area contributed by atoms with Gasteiger partial charge in [-0.15, -0.1) is 0 Å². The number of carbonyl (C=O) groups excluding carboxylic acids is 1. The van der Waals surface area contributed by atoms with Gasteiger partial charge in [-0.25, -0.2) is 0 Å². The quantitative estimate of drug-likeness (QED) is 0.703. The second-order valence-electron chi connectivity index (χ2n) is 6.57. The van der Waals surface area contributed by atoms with Gasteiger partial charge in [-0.2, -0.15) is 5.10 Å². The van der Waals surface area contributed by atoms with Crippen molar-refractivity contribution in [2.75, 3.05) is 13.2 Å². The number of aliphatic hydroxyl groups excluding tert-OH is 1. The molecule has 4 rings (SSSR count). The largest absolute Gasteiger partial charge is 0.387 e. The van der Waals surface area contributed by atoms with E-state index in [0.717, 1.165) is 39.1 Å². The molecular formula is C18H18Cl2N4O2. The molecule has 1 aromatic carbocycles. The summed E-state index contributed by atoms with van der Waals surface area (Å²) in [6.07, 6.45) is 0.671. The van der Waals surface area contributed by atoms with E-state index in [2.05, 4.69) is 10.1 Å². The molecule has 0 aliphatic carbocycles. The molecule has 2 aromatic heterocycles. The number of aryl methyl sites for hydroxylation is 2. The van der Waals surface area contributed by atoms with Crippen LogP contribution in [-0.2, 0) is 24.8 Å². The maximum Gasteiger partial charge on any atom is 0.248 e. The van der Waals surface area contributed by atoms with Crippen LogP contribution in [0.4, 0.5) is 0 Å². The molecule has 0 saturated carbocycles. The van der Waals surface area contributed by atoms with Crippen LogP contribution in [0, 0.1) is 6.92 Å². The molecule has 2 N–H and O–H groups in total. The summed E-state index contributed by atoms with van der Waals surface area (Å²) in [5.74, 6) is -0.278.